The maximum absolute atomic E-state index is 12.7. The van der Waals surface area contributed by atoms with Crippen molar-refractivity contribution in [3.05, 3.63) is 30.1 Å². The normalized spacial score (nSPS) is 20.3. The molecular weight excluding hydrogens is 330 g/mol. The molecule has 2 saturated carbocycles. The lowest BCUT2D eigenvalue weighted by molar-refractivity contribution is 0.0897. The standard InChI is InChI=1S/C18H23N7O/c1-24-10-9-20-16(24)17(26)21-15(13-5-3-2-4-6-13)14-11-25(23-22-14)18(12-19)7-8-18/h9-11,13,15H,2-8H2,1H3,(H,21,26). The van der Waals surface area contributed by atoms with Gasteiger partial charge in [-0.3, -0.25) is 4.79 Å². The maximum Gasteiger partial charge on any atom is 0.287 e. The van der Waals surface area contributed by atoms with E-state index in [1.165, 1.54) is 6.42 Å². The van der Waals surface area contributed by atoms with Gasteiger partial charge in [0.25, 0.3) is 5.91 Å². The van der Waals surface area contributed by atoms with Crippen LogP contribution in [0, 0.1) is 17.2 Å². The molecule has 136 valence electrons. The second kappa shape index (κ2) is 6.56. The monoisotopic (exact) mass is 353 g/mol. The largest absolute Gasteiger partial charge is 0.341 e. The molecule has 26 heavy (non-hydrogen) atoms. The third-order valence-electron chi connectivity index (χ3n) is 5.63. The van der Waals surface area contributed by atoms with Crippen molar-refractivity contribution in [1.82, 2.24) is 29.9 Å². The van der Waals surface area contributed by atoms with E-state index in [1.807, 2.05) is 6.20 Å². The van der Waals surface area contributed by atoms with Crippen molar-refractivity contribution in [1.29, 1.82) is 5.26 Å². The van der Waals surface area contributed by atoms with Crippen molar-refractivity contribution in [2.24, 2.45) is 13.0 Å². The average Bonchev–Trinajstić information content (AvgIpc) is 3.09. The zero-order chi connectivity index (χ0) is 18.1. The van der Waals surface area contributed by atoms with Gasteiger partial charge in [0.2, 0.25) is 0 Å². The predicted molar refractivity (Wildman–Crippen MR) is 92.8 cm³/mol. The summed E-state index contributed by atoms with van der Waals surface area (Å²) in [6.07, 6.45) is 12.5. The van der Waals surface area contributed by atoms with Crippen LogP contribution >= 0.6 is 0 Å². The van der Waals surface area contributed by atoms with Crippen molar-refractivity contribution in [2.45, 2.75) is 56.5 Å². The summed E-state index contributed by atoms with van der Waals surface area (Å²) in [6, 6.07) is 2.13. The van der Waals surface area contributed by atoms with E-state index < -0.39 is 5.54 Å². The molecule has 1 amide bonds. The first-order valence-electron chi connectivity index (χ1n) is 9.25. The molecule has 2 aromatic rings. The second-order valence-corrected chi connectivity index (χ2v) is 7.44. The number of nitriles is 1. The first-order valence-corrected chi connectivity index (χ1v) is 9.25. The van der Waals surface area contributed by atoms with E-state index in [0.29, 0.717) is 11.7 Å². The van der Waals surface area contributed by atoms with Gasteiger partial charge in [-0.15, -0.1) is 5.10 Å². The van der Waals surface area contributed by atoms with Crippen molar-refractivity contribution in [2.75, 3.05) is 0 Å². The summed E-state index contributed by atoms with van der Waals surface area (Å²) in [6.45, 7) is 0. The van der Waals surface area contributed by atoms with Crippen LogP contribution in [-0.4, -0.2) is 30.5 Å². The molecule has 8 heteroatoms. The van der Waals surface area contributed by atoms with Crippen LogP contribution < -0.4 is 5.32 Å². The number of nitrogens with one attached hydrogen (secondary N) is 1. The van der Waals surface area contributed by atoms with Gasteiger partial charge in [-0.05, 0) is 31.6 Å². The fourth-order valence-electron chi connectivity index (χ4n) is 3.83. The summed E-state index contributed by atoms with van der Waals surface area (Å²) < 4.78 is 3.38. The van der Waals surface area contributed by atoms with Gasteiger partial charge < -0.3 is 9.88 Å². The Kier molecular flexibility index (Phi) is 4.23. The van der Waals surface area contributed by atoms with Gasteiger partial charge in [-0.25, -0.2) is 9.67 Å². The molecule has 1 unspecified atom stereocenters. The van der Waals surface area contributed by atoms with Gasteiger partial charge in [-0.1, -0.05) is 24.5 Å². The van der Waals surface area contributed by atoms with Crippen LogP contribution in [0.1, 0.15) is 67.3 Å². The zero-order valence-electron chi connectivity index (χ0n) is 14.9. The highest BCUT2D eigenvalue weighted by Gasteiger charge is 2.47. The Morgan fingerprint density at radius 2 is 2.15 bits per heavy atom. The number of carbonyl (C=O) groups excluding carboxylic acids is 1. The molecule has 2 aromatic heterocycles. The molecule has 0 spiro atoms. The summed E-state index contributed by atoms with van der Waals surface area (Å²) in [5.74, 6) is 0.508. The average molecular weight is 353 g/mol. The molecule has 2 heterocycles. The fourth-order valence-corrected chi connectivity index (χ4v) is 3.83. The Labute approximate surface area is 152 Å². The van der Waals surface area contributed by atoms with Crippen LogP contribution in [0.15, 0.2) is 18.6 Å². The highest BCUT2D eigenvalue weighted by atomic mass is 16.2. The summed E-state index contributed by atoms with van der Waals surface area (Å²) in [5, 5.41) is 21.0. The van der Waals surface area contributed by atoms with Crippen molar-refractivity contribution >= 4 is 5.91 Å². The first-order chi connectivity index (χ1) is 12.6. The van der Waals surface area contributed by atoms with Crippen LogP contribution in [0.25, 0.3) is 0 Å². The Bertz CT molecular complexity index is 836. The van der Waals surface area contributed by atoms with Gasteiger partial charge in [0.05, 0.1) is 18.3 Å². The van der Waals surface area contributed by atoms with E-state index in [0.717, 1.165) is 44.2 Å². The smallest absolute Gasteiger partial charge is 0.287 e. The number of carbonyl (C=O) groups is 1. The van der Waals surface area contributed by atoms with Gasteiger partial charge in [0.15, 0.2) is 11.4 Å². The van der Waals surface area contributed by atoms with Crippen molar-refractivity contribution in [3.63, 3.8) is 0 Å². The Balaban J connectivity index is 1.60. The molecule has 2 fully saturated rings. The second-order valence-electron chi connectivity index (χ2n) is 7.44. The number of hydrogen-bond acceptors (Lipinski definition) is 5. The third-order valence-corrected chi connectivity index (χ3v) is 5.63. The minimum Gasteiger partial charge on any atom is -0.341 e. The van der Waals surface area contributed by atoms with Crippen LogP contribution in [-0.2, 0) is 12.6 Å². The van der Waals surface area contributed by atoms with E-state index in [-0.39, 0.29) is 11.9 Å². The summed E-state index contributed by atoms with van der Waals surface area (Å²) in [5.41, 5.74) is 0.201. The number of amides is 1. The van der Waals surface area contributed by atoms with Crippen LogP contribution in [0.2, 0.25) is 0 Å². The lowest BCUT2D eigenvalue weighted by atomic mass is 9.82. The summed E-state index contributed by atoms with van der Waals surface area (Å²) >= 11 is 0. The summed E-state index contributed by atoms with van der Waals surface area (Å²) in [4.78, 5) is 16.9. The SMILES string of the molecule is Cn1ccnc1C(=O)NC(c1cn(C2(C#N)CC2)nn1)C1CCCCC1. The van der Waals surface area contributed by atoms with Crippen LogP contribution in [0.3, 0.4) is 0 Å². The van der Waals surface area contributed by atoms with Crippen LogP contribution in [0.4, 0.5) is 0 Å². The molecule has 2 aliphatic rings. The highest BCUT2D eigenvalue weighted by molar-refractivity contribution is 5.91. The molecule has 0 aromatic carbocycles. The Morgan fingerprint density at radius 1 is 1.38 bits per heavy atom. The van der Waals surface area contributed by atoms with Crippen LogP contribution in [0.5, 0.6) is 0 Å². The number of rotatable bonds is 5. The maximum atomic E-state index is 12.7. The Hall–Kier alpha value is -2.69. The molecule has 8 nitrogen and oxygen atoms in total. The molecular formula is C18H23N7O. The fraction of sp³-hybridized carbons (Fsp3) is 0.611. The van der Waals surface area contributed by atoms with E-state index in [2.05, 4.69) is 26.7 Å². The quantitative estimate of drug-likeness (QED) is 0.887. The number of imidazole rings is 1. The lowest BCUT2D eigenvalue weighted by Gasteiger charge is -2.29. The van der Waals surface area contributed by atoms with E-state index in [9.17, 15) is 10.1 Å². The number of aromatic nitrogens is 5. The van der Waals surface area contributed by atoms with E-state index in [4.69, 9.17) is 0 Å². The topological polar surface area (TPSA) is 101 Å². The minimum atomic E-state index is -0.536. The zero-order valence-corrected chi connectivity index (χ0v) is 14.9. The third kappa shape index (κ3) is 2.98. The number of hydrogen-bond donors (Lipinski definition) is 1. The first kappa shape index (κ1) is 16.8. The van der Waals surface area contributed by atoms with Gasteiger partial charge in [0.1, 0.15) is 5.69 Å². The number of nitrogens with zero attached hydrogens (tertiary/aromatic N) is 6. The molecule has 4 rings (SSSR count). The molecule has 2 aliphatic carbocycles. The van der Waals surface area contributed by atoms with Gasteiger partial charge in [0, 0.05) is 19.4 Å². The molecule has 0 radical (unpaired) electrons. The lowest BCUT2D eigenvalue weighted by Crippen LogP contribution is -2.36. The predicted octanol–water partition coefficient (Wildman–Crippen LogP) is 2.08. The van der Waals surface area contributed by atoms with Crippen molar-refractivity contribution < 1.29 is 4.79 Å². The van der Waals surface area contributed by atoms with Crippen molar-refractivity contribution in [3.8, 4) is 6.07 Å². The summed E-state index contributed by atoms with van der Waals surface area (Å²) in [7, 11) is 1.80. The molecule has 1 N–H and O–H groups in total. The van der Waals surface area contributed by atoms with Gasteiger partial charge in [-0.2, -0.15) is 5.26 Å². The molecule has 0 saturated heterocycles. The Morgan fingerprint density at radius 3 is 2.77 bits per heavy atom. The highest BCUT2D eigenvalue weighted by Crippen LogP contribution is 2.42. The van der Waals surface area contributed by atoms with E-state index >= 15 is 0 Å². The minimum absolute atomic E-state index is 0.205. The molecule has 1 atom stereocenters. The van der Waals surface area contributed by atoms with E-state index in [1.54, 1.807) is 28.7 Å². The van der Waals surface area contributed by atoms with Gasteiger partial charge >= 0.3 is 0 Å². The molecule has 0 aliphatic heterocycles. The number of aryl methyl sites for hydroxylation is 1. The molecule has 0 bridgehead atoms.